The van der Waals surface area contributed by atoms with E-state index in [-0.39, 0.29) is 30.6 Å². The first kappa shape index (κ1) is 27.7. The molecule has 0 atom stereocenters. The number of nitrogens with one attached hydrogen (secondary N) is 2. The molecule has 8 heteroatoms. The van der Waals surface area contributed by atoms with Crippen LogP contribution in [0.5, 0.6) is 5.75 Å². The zero-order chi connectivity index (χ0) is 27.8. The third kappa shape index (κ3) is 6.28. The Morgan fingerprint density at radius 3 is 1.97 bits per heavy atom. The SMILES string of the molecule is C=CCOC(=O)c1ccc(NC(=O)c2ccc(NC(=O)c3ccc(N)cc3)c(C)c2C)c(C)c1OCC=C. The van der Waals surface area contributed by atoms with E-state index >= 15 is 0 Å². The Morgan fingerprint density at radius 1 is 0.763 bits per heavy atom. The van der Waals surface area contributed by atoms with Gasteiger partial charge in [0.25, 0.3) is 11.8 Å². The quantitative estimate of drug-likeness (QED) is 0.184. The molecule has 8 nitrogen and oxygen atoms in total. The first-order chi connectivity index (χ1) is 18.2. The summed E-state index contributed by atoms with van der Waals surface area (Å²) in [5, 5.41) is 5.78. The number of amides is 2. The number of nitrogen functional groups attached to an aromatic ring is 1. The Hall–Kier alpha value is -4.85. The average molecular weight is 514 g/mol. The third-order valence-corrected chi connectivity index (χ3v) is 6.00. The van der Waals surface area contributed by atoms with Crippen LogP contribution >= 0.6 is 0 Å². The molecule has 0 aliphatic heterocycles. The molecule has 38 heavy (non-hydrogen) atoms. The largest absolute Gasteiger partial charge is 0.488 e. The van der Waals surface area contributed by atoms with E-state index in [2.05, 4.69) is 23.8 Å². The van der Waals surface area contributed by atoms with E-state index in [0.717, 1.165) is 5.56 Å². The number of carbonyl (C=O) groups is 3. The van der Waals surface area contributed by atoms with Gasteiger partial charge in [0.2, 0.25) is 0 Å². The third-order valence-electron chi connectivity index (χ3n) is 6.00. The fourth-order valence-corrected chi connectivity index (χ4v) is 3.75. The van der Waals surface area contributed by atoms with Gasteiger partial charge in [-0.2, -0.15) is 0 Å². The monoisotopic (exact) mass is 513 g/mol. The number of carbonyl (C=O) groups excluding carboxylic acids is 3. The van der Waals surface area contributed by atoms with Crippen LogP contribution in [-0.4, -0.2) is 31.0 Å². The maximum absolute atomic E-state index is 13.2. The van der Waals surface area contributed by atoms with Gasteiger partial charge in [-0.05, 0) is 80.4 Å². The molecule has 3 aromatic rings. The number of rotatable bonds is 10. The van der Waals surface area contributed by atoms with E-state index in [1.54, 1.807) is 61.5 Å². The highest BCUT2D eigenvalue weighted by molar-refractivity contribution is 6.08. The summed E-state index contributed by atoms with van der Waals surface area (Å²) in [6.07, 6.45) is 3.03. The first-order valence-corrected chi connectivity index (χ1v) is 11.9. The summed E-state index contributed by atoms with van der Waals surface area (Å²) in [6.45, 7) is 12.8. The van der Waals surface area contributed by atoms with E-state index in [1.807, 2.05) is 13.8 Å². The Balaban J connectivity index is 1.84. The van der Waals surface area contributed by atoms with Crippen LogP contribution in [0.25, 0.3) is 0 Å². The fourth-order valence-electron chi connectivity index (χ4n) is 3.75. The summed E-state index contributed by atoms with van der Waals surface area (Å²) in [5.41, 5.74) is 10.5. The molecule has 4 N–H and O–H groups in total. The number of esters is 1. The van der Waals surface area contributed by atoms with Crippen molar-refractivity contribution >= 4 is 34.8 Å². The van der Waals surface area contributed by atoms with Gasteiger partial charge in [-0.1, -0.05) is 25.3 Å². The second-order valence-electron chi connectivity index (χ2n) is 8.54. The molecule has 0 saturated carbocycles. The van der Waals surface area contributed by atoms with Crippen LogP contribution in [-0.2, 0) is 4.74 Å². The molecule has 0 radical (unpaired) electrons. The molecule has 0 aliphatic carbocycles. The summed E-state index contributed by atoms with van der Waals surface area (Å²) in [7, 11) is 0. The van der Waals surface area contributed by atoms with Gasteiger partial charge in [-0.25, -0.2) is 4.79 Å². The summed E-state index contributed by atoms with van der Waals surface area (Å²) in [6, 6.07) is 13.1. The molecule has 3 aromatic carbocycles. The number of hydrogen-bond acceptors (Lipinski definition) is 6. The molecule has 0 unspecified atom stereocenters. The zero-order valence-corrected chi connectivity index (χ0v) is 21.7. The molecular weight excluding hydrogens is 482 g/mol. The van der Waals surface area contributed by atoms with Gasteiger partial charge in [-0.15, -0.1) is 0 Å². The minimum absolute atomic E-state index is 0.0618. The van der Waals surface area contributed by atoms with Crippen molar-refractivity contribution in [3.63, 3.8) is 0 Å². The molecular formula is C30H31N3O5. The maximum atomic E-state index is 13.2. The smallest absolute Gasteiger partial charge is 0.342 e. The maximum Gasteiger partial charge on any atom is 0.342 e. The standard InChI is InChI=1S/C30H31N3O5/c1-6-16-37-27-20(5)26(15-13-24(27)30(36)38-17-7-2)33-29(35)23-12-14-25(19(4)18(23)3)32-28(34)21-8-10-22(31)11-9-21/h6-15H,1-2,16-17,31H2,3-5H3,(H,32,34)(H,33,35). The molecule has 196 valence electrons. The molecule has 0 bridgehead atoms. The van der Waals surface area contributed by atoms with Gasteiger partial charge in [0.05, 0.1) is 0 Å². The lowest BCUT2D eigenvalue weighted by molar-refractivity contribution is 0.0545. The number of benzene rings is 3. The second kappa shape index (κ2) is 12.4. The highest BCUT2D eigenvalue weighted by Crippen LogP contribution is 2.32. The highest BCUT2D eigenvalue weighted by Gasteiger charge is 2.21. The van der Waals surface area contributed by atoms with Crippen LogP contribution in [0.4, 0.5) is 17.1 Å². The van der Waals surface area contributed by atoms with Gasteiger partial charge < -0.3 is 25.8 Å². The van der Waals surface area contributed by atoms with Crippen molar-refractivity contribution in [2.24, 2.45) is 0 Å². The van der Waals surface area contributed by atoms with Crippen molar-refractivity contribution < 1.29 is 23.9 Å². The zero-order valence-electron chi connectivity index (χ0n) is 21.7. The van der Waals surface area contributed by atoms with E-state index in [1.165, 1.54) is 6.08 Å². The van der Waals surface area contributed by atoms with Crippen LogP contribution in [0.1, 0.15) is 47.8 Å². The van der Waals surface area contributed by atoms with Crippen LogP contribution < -0.4 is 21.1 Å². The van der Waals surface area contributed by atoms with Crippen molar-refractivity contribution in [2.75, 3.05) is 29.6 Å². The van der Waals surface area contributed by atoms with E-state index in [0.29, 0.717) is 45.1 Å². The van der Waals surface area contributed by atoms with Crippen LogP contribution in [0.15, 0.2) is 73.8 Å². The molecule has 0 fully saturated rings. The first-order valence-electron chi connectivity index (χ1n) is 11.9. The minimum Gasteiger partial charge on any atom is -0.488 e. The second-order valence-corrected chi connectivity index (χ2v) is 8.54. The summed E-state index contributed by atoms with van der Waals surface area (Å²) in [4.78, 5) is 38.4. The molecule has 2 amide bonds. The number of ether oxygens (including phenoxy) is 2. The molecule has 0 heterocycles. The van der Waals surface area contributed by atoms with Gasteiger partial charge in [-0.3, -0.25) is 9.59 Å². The van der Waals surface area contributed by atoms with Crippen molar-refractivity contribution in [3.8, 4) is 5.75 Å². The van der Waals surface area contributed by atoms with Crippen LogP contribution in [0.3, 0.4) is 0 Å². The predicted octanol–water partition coefficient (Wildman–Crippen LogP) is 5.61. The van der Waals surface area contributed by atoms with Gasteiger partial charge in [0, 0.05) is 33.8 Å². The lowest BCUT2D eigenvalue weighted by atomic mass is 10.00. The molecule has 0 saturated heterocycles. The van der Waals surface area contributed by atoms with E-state index in [4.69, 9.17) is 15.2 Å². The lowest BCUT2D eigenvalue weighted by Crippen LogP contribution is -2.18. The number of nitrogens with two attached hydrogens (primary N) is 1. The summed E-state index contributed by atoms with van der Waals surface area (Å²) < 4.78 is 10.9. The molecule has 0 aromatic heterocycles. The molecule has 3 rings (SSSR count). The number of hydrogen-bond donors (Lipinski definition) is 3. The van der Waals surface area contributed by atoms with E-state index < -0.39 is 5.97 Å². The van der Waals surface area contributed by atoms with Crippen molar-refractivity contribution in [2.45, 2.75) is 20.8 Å². The average Bonchev–Trinajstić information content (AvgIpc) is 2.90. The van der Waals surface area contributed by atoms with Gasteiger partial charge in [0.15, 0.2) is 0 Å². The Kier molecular flexibility index (Phi) is 9.05. The molecule has 0 spiro atoms. The van der Waals surface area contributed by atoms with Gasteiger partial charge in [0.1, 0.15) is 24.5 Å². The lowest BCUT2D eigenvalue weighted by Gasteiger charge is -2.18. The minimum atomic E-state index is -0.562. The summed E-state index contributed by atoms with van der Waals surface area (Å²) >= 11 is 0. The Bertz CT molecular complexity index is 1390. The van der Waals surface area contributed by atoms with Crippen molar-refractivity contribution in [1.29, 1.82) is 0 Å². The predicted molar refractivity (Wildman–Crippen MR) is 150 cm³/mol. The van der Waals surface area contributed by atoms with Crippen LogP contribution in [0, 0.1) is 20.8 Å². The van der Waals surface area contributed by atoms with E-state index in [9.17, 15) is 14.4 Å². The summed E-state index contributed by atoms with van der Waals surface area (Å²) in [5.74, 6) is -0.890. The normalized spacial score (nSPS) is 10.3. The fraction of sp³-hybridized carbons (Fsp3) is 0.167. The Morgan fingerprint density at radius 2 is 1.34 bits per heavy atom. The Labute approximate surface area is 222 Å². The van der Waals surface area contributed by atoms with Gasteiger partial charge >= 0.3 is 5.97 Å². The topological polar surface area (TPSA) is 120 Å². The number of anilines is 3. The van der Waals surface area contributed by atoms with Crippen molar-refractivity contribution in [3.05, 3.63) is 107 Å². The van der Waals surface area contributed by atoms with Crippen LogP contribution in [0.2, 0.25) is 0 Å². The highest BCUT2D eigenvalue weighted by atomic mass is 16.5. The molecule has 0 aliphatic rings. The van der Waals surface area contributed by atoms with Crippen molar-refractivity contribution in [1.82, 2.24) is 0 Å².